The van der Waals surface area contributed by atoms with Gasteiger partial charge in [-0.25, -0.2) is 0 Å². The third-order valence-corrected chi connectivity index (χ3v) is 2.57. The Hall–Kier alpha value is -1.55. The minimum absolute atomic E-state index is 0.109. The zero-order valence-corrected chi connectivity index (χ0v) is 11.0. The molecular formula is C14H22N2O2. The Morgan fingerprint density at radius 1 is 1.28 bits per heavy atom. The number of ether oxygens (including phenoxy) is 1. The Kier molecular flexibility index (Phi) is 6.87. The first-order valence-corrected chi connectivity index (χ1v) is 6.43. The van der Waals surface area contributed by atoms with E-state index in [0.29, 0.717) is 26.1 Å². The summed E-state index contributed by atoms with van der Waals surface area (Å²) in [5.74, 6) is 0.907. The van der Waals surface area contributed by atoms with E-state index in [2.05, 4.69) is 6.92 Å². The molecule has 0 saturated carbocycles. The Morgan fingerprint density at radius 2 is 2.00 bits per heavy atom. The Balaban J connectivity index is 2.30. The molecular weight excluding hydrogens is 228 g/mol. The van der Waals surface area contributed by atoms with Crippen molar-refractivity contribution in [1.29, 1.82) is 0 Å². The normalized spacial score (nSPS) is 10.1. The highest BCUT2D eigenvalue weighted by atomic mass is 16.5. The number of nitrogens with two attached hydrogens (primary N) is 1. The number of hydrogen-bond donors (Lipinski definition) is 1. The fourth-order valence-electron chi connectivity index (χ4n) is 1.72. The zero-order valence-electron chi connectivity index (χ0n) is 11.0. The van der Waals surface area contributed by atoms with E-state index < -0.39 is 0 Å². The summed E-state index contributed by atoms with van der Waals surface area (Å²) in [6.45, 7) is 4.36. The van der Waals surface area contributed by atoms with Gasteiger partial charge >= 0.3 is 0 Å². The number of carbonyl (C=O) groups is 1. The van der Waals surface area contributed by atoms with Crippen LogP contribution in [-0.2, 0) is 4.79 Å². The van der Waals surface area contributed by atoms with Gasteiger partial charge in [0.05, 0.1) is 13.0 Å². The van der Waals surface area contributed by atoms with Gasteiger partial charge in [0.2, 0.25) is 5.91 Å². The van der Waals surface area contributed by atoms with Crippen molar-refractivity contribution < 1.29 is 9.53 Å². The first-order chi connectivity index (χ1) is 8.77. The molecule has 1 amide bonds. The van der Waals surface area contributed by atoms with Gasteiger partial charge in [-0.15, -0.1) is 0 Å². The van der Waals surface area contributed by atoms with E-state index in [4.69, 9.17) is 10.5 Å². The lowest BCUT2D eigenvalue weighted by Gasteiger charge is -2.21. The predicted molar refractivity (Wildman–Crippen MR) is 72.5 cm³/mol. The number of carbonyl (C=O) groups excluding carboxylic acids is 1. The van der Waals surface area contributed by atoms with Crippen LogP contribution in [0.3, 0.4) is 0 Å². The fourth-order valence-corrected chi connectivity index (χ4v) is 1.72. The smallest absolute Gasteiger partial charge is 0.226 e. The highest BCUT2D eigenvalue weighted by Gasteiger charge is 2.11. The zero-order chi connectivity index (χ0) is 13.2. The number of hydrogen-bond acceptors (Lipinski definition) is 3. The molecule has 0 fully saturated rings. The van der Waals surface area contributed by atoms with E-state index in [9.17, 15) is 4.79 Å². The fraction of sp³-hybridized carbons (Fsp3) is 0.500. The minimum atomic E-state index is 0.109. The Morgan fingerprint density at radius 3 is 2.61 bits per heavy atom. The van der Waals surface area contributed by atoms with Gasteiger partial charge in [0.25, 0.3) is 0 Å². The van der Waals surface area contributed by atoms with Crippen LogP contribution >= 0.6 is 0 Å². The second kappa shape index (κ2) is 8.53. The first kappa shape index (κ1) is 14.5. The SMILES string of the molecule is CCCN(CCN)C(=O)CCOc1ccccc1. The molecule has 1 rings (SSSR count). The van der Waals surface area contributed by atoms with Gasteiger partial charge in [-0.3, -0.25) is 4.79 Å². The van der Waals surface area contributed by atoms with E-state index in [1.54, 1.807) is 4.90 Å². The summed E-state index contributed by atoms with van der Waals surface area (Å²) < 4.78 is 5.50. The largest absolute Gasteiger partial charge is 0.493 e. The summed E-state index contributed by atoms with van der Waals surface area (Å²) in [5.41, 5.74) is 5.49. The Labute approximate surface area is 109 Å². The van der Waals surface area contributed by atoms with Crippen molar-refractivity contribution in [3.63, 3.8) is 0 Å². The number of rotatable bonds is 8. The lowest BCUT2D eigenvalue weighted by molar-refractivity contribution is -0.131. The highest BCUT2D eigenvalue weighted by Crippen LogP contribution is 2.08. The number of benzene rings is 1. The third kappa shape index (κ3) is 5.19. The molecule has 0 aliphatic heterocycles. The molecule has 0 radical (unpaired) electrons. The van der Waals surface area contributed by atoms with Crippen molar-refractivity contribution in [1.82, 2.24) is 4.90 Å². The molecule has 0 unspecified atom stereocenters. The van der Waals surface area contributed by atoms with Gasteiger partial charge in [0, 0.05) is 19.6 Å². The average Bonchev–Trinajstić information content (AvgIpc) is 2.39. The van der Waals surface area contributed by atoms with E-state index >= 15 is 0 Å². The van der Waals surface area contributed by atoms with Crippen molar-refractivity contribution in [2.75, 3.05) is 26.2 Å². The molecule has 0 atom stereocenters. The van der Waals surface area contributed by atoms with Crippen molar-refractivity contribution in [3.8, 4) is 5.75 Å². The molecule has 100 valence electrons. The van der Waals surface area contributed by atoms with Crippen molar-refractivity contribution >= 4 is 5.91 Å². The number of nitrogens with zero attached hydrogens (tertiary/aromatic N) is 1. The summed E-state index contributed by atoms with van der Waals surface area (Å²) in [5, 5.41) is 0. The predicted octanol–water partition coefficient (Wildman–Crippen LogP) is 1.65. The average molecular weight is 250 g/mol. The first-order valence-electron chi connectivity index (χ1n) is 6.43. The van der Waals surface area contributed by atoms with Crippen LogP contribution in [0.5, 0.6) is 5.75 Å². The monoisotopic (exact) mass is 250 g/mol. The van der Waals surface area contributed by atoms with E-state index in [0.717, 1.165) is 18.7 Å². The van der Waals surface area contributed by atoms with Crippen LogP contribution in [0.25, 0.3) is 0 Å². The second-order valence-electron chi connectivity index (χ2n) is 4.08. The van der Waals surface area contributed by atoms with Crippen molar-refractivity contribution in [2.24, 2.45) is 5.73 Å². The van der Waals surface area contributed by atoms with E-state index in [1.165, 1.54) is 0 Å². The van der Waals surface area contributed by atoms with E-state index in [-0.39, 0.29) is 5.91 Å². The van der Waals surface area contributed by atoms with Crippen LogP contribution in [0.2, 0.25) is 0 Å². The van der Waals surface area contributed by atoms with Crippen LogP contribution in [0.15, 0.2) is 30.3 Å². The summed E-state index contributed by atoms with van der Waals surface area (Å²) >= 11 is 0. The van der Waals surface area contributed by atoms with Crippen LogP contribution in [-0.4, -0.2) is 37.0 Å². The van der Waals surface area contributed by atoms with Crippen LogP contribution in [0.1, 0.15) is 19.8 Å². The van der Waals surface area contributed by atoms with Crippen LogP contribution in [0, 0.1) is 0 Å². The molecule has 0 heterocycles. The molecule has 1 aromatic carbocycles. The Bertz CT molecular complexity index is 335. The van der Waals surface area contributed by atoms with Crippen molar-refractivity contribution in [3.05, 3.63) is 30.3 Å². The molecule has 4 nitrogen and oxygen atoms in total. The van der Waals surface area contributed by atoms with Gasteiger partial charge < -0.3 is 15.4 Å². The molecule has 18 heavy (non-hydrogen) atoms. The van der Waals surface area contributed by atoms with Gasteiger partial charge in [0.15, 0.2) is 0 Å². The lowest BCUT2D eigenvalue weighted by Crippen LogP contribution is -2.36. The standard InChI is InChI=1S/C14H22N2O2/c1-2-10-16(11-9-15)14(17)8-12-18-13-6-4-3-5-7-13/h3-7H,2,8-12,15H2,1H3. The molecule has 4 heteroatoms. The van der Waals surface area contributed by atoms with Gasteiger partial charge in [-0.2, -0.15) is 0 Å². The van der Waals surface area contributed by atoms with Crippen LogP contribution < -0.4 is 10.5 Å². The van der Waals surface area contributed by atoms with Gasteiger partial charge in [-0.1, -0.05) is 25.1 Å². The second-order valence-corrected chi connectivity index (χ2v) is 4.08. The maximum absolute atomic E-state index is 11.9. The topological polar surface area (TPSA) is 55.6 Å². The van der Waals surface area contributed by atoms with Gasteiger partial charge in [0.1, 0.15) is 5.75 Å². The molecule has 0 aliphatic rings. The molecule has 0 aliphatic carbocycles. The third-order valence-electron chi connectivity index (χ3n) is 2.57. The molecule has 0 bridgehead atoms. The molecule has 2 N–H and O–H groups in total. The quantitative estimate of drug-likeness (QED) is 0.763. The van der Waals surface area contributed by atoms with Crippen molar-refractivity contribution in [2.45, 2.75) is 19.8 Å². The van der Waals surface area contributed by atoms with E-state index in [1.807, 2.05) is 30.3 Å². The maximum Gasteiger partial charge on any atom is 0.226 e. The molecule has 1 aromatic rings. The maximum atomic E-state index is 11.9. The summed E-state index contributed by atoms with van der Waals surface area (Å²) in [4.78, 5) is 13.7. The number of para-hydroxylation sites is 1. The minimum Gasteiger partial charge on any atom is -0.493 e. The molecule has 0 aromatic heterocycles. The van der Waals surface area contributed by atoms with Crippen LogP contribution in [0.4, 0.5) is 0 Å². The summed E-state index contributed by atoms with van der Waals surface area (Å²) in [6, 6.07) is 9.52. The number of amides is 1. The summed E-state index contributed by atoms with van der Waals surface area (Å²) in [7, 11) is 0. The molecule has 0 spiro atoms. The molecule has 0 saturated heterocycles. The highest BCUT2D eigenvalue weighted by molar-refractivity contribution is 5.76. The summed E-state index contributed by atoms with van der Waals surface area (Å²) in [6.07, 6.45) is 1.35. The lowest BCUT2D eigenvalue weighted by atomic mass is 10.3. The van der Waals surface area contributed by atoms with Gasteiger partial charge in [-0.05, 0) is 18.6 Å².